The van der Waals surface area contributed by atoms with Gasteiger partial charge in [-0.1, -0.05) is 30.3 Å². The number of hydrogen-bond acceptors (Lipinski definition) is 4. The molecule has 2 saturated heterocycles. The van der Waals surface area contributed by atoms with E-state index in [9.17, 15) is 4.79 Å². The van der Waals surface area contributed by atoms with Crippen molar-refractivity contribution in [2.75, 3.05) is 32.7 Å². The van der Waals surface area contributed by atoms with Crippen molar-refractivity contribution in [2.24, 2.45) is 5.92 Å². The van der Waals surface area contributed by atoms with Crippen LogP contribution in [0, 0.1) is 5.92 Å². The van der Waals surface area contributed by atoms with Crippen LogP contribution in [0.1, 0.15) is 36.8 Å². The quantitative estimate of drug-likeness (QED) is 0.768. The van der Waals surface area contributed by atoms with Gasteiger partial charge < -0.3 is 5.32 Å². The summed E-state index contributed by atoms with van der Waals surface area (Å²) >= 11 is 0. The molecule has 1 aromatic heterocycles. The second kappa shape index (κ2) is 10.7. The number of hydrogen-bond donors (Lipinski definition) is 1. The zero-order valence-electron chi connectivity index (χ0n) is 17.9. The molecule has 5 nitrogen and oxygen atoms in total. The van der Waals surface area contributed by atoms with Crippen molar-refractivity contribution < 1.29 is 4.79 Å². The first-order valence-corrected chi connectivity index (χ1v) is 11.4. The van der Waals surface area contributed by atoms with Crippen LogP contribution in [0.5, 0.6) is 0 Å². The van der Waals surface area contributed by atoms with Gasteiger partial charge in [-0.3, -0.25) is 19.6 Å². The summed E-state index contributed by atoms with van der Waals surface area (Å²) in [7, 11) is 0. The predicted molar refractivity (Wildman–Crippen MR) is 120 cm³/mol. The second-order valence-corrected chi connectivity index (χ2v) is 8.72. The molecule has 2 aromatic rings. The molecule has 0 spiro atoms. The summed E-state index contributed by atoms with van der Waals surface area (Å²) in [6, 6.07) is 15.4. The highest BCUT2D eigenvalue weighted by Gasteiger charge is 2.31. The number of rotatable bonds is 7. The molecule has 2 aliphatic rings. The first-order chi connectivity index (χ1) is 14.8. The molecule has 0 bridgehead atoms. The highest BCUT2D eigenvalue weighted by molar-refractivity contribution is 5.79. The fourth-order valence-corrected chi connectivity index (χ4v) is 4.86. The van der Waals surface area contributed by atoms with Gasteiger partial charge in [0.05, 0.1) is 5.92 Å². The van der Waals surface area contributed by atoms with Crippen molar-refractivity contribution >= 4 is 5.91 Å². The highest BCUT2D eigenvalue weighted by Crippen LogP contribution is 2.24. The first-order valence-electron chi connectivity index (χ1n) is 11.4. The van der Waals surface area contributed by atoms with Crippen molar-refractivity contribution in [3.05, 3.63) is 66.0 Å². The van der Waals surface area contributed by atoms with Crippen molar-refractivity contribution in [1.29, 1.82) is 0 Å². The maximum Gasteiger partial charge on any atom is 0.224 e. The number of carbonyl (C=O) groups excluding carboxylic acids is 1. The lowest BCUT2D eigenvalue weighted by atomic mass is 9.93. The van der Waals surface area contributed by atoms with Gasteiger partial charge in [-0.05, 0) is 75.0 Å². The van der Waals surface area contributed by atoms with E-state index in [-0.39, 0.29) is 11.8 Å². The lowest BCUT2D eigenvalue weighted by Gasteiger charge is -2.42. The third kappa shape index (κ3) is 5.89. The van der Waals surface area contributed by atoms with E-state index < -0.39 is 0 Å². The molecule has 4 rings (SSSR count). The molecule has 1 amide bonds. The Hall–Kier alpha value is -2.24. The molecule has 3 heterocycles. The van der Waals surface area contributed by atoms with Crippen LogP contribution in [-0.4, -0.2) is 59.5 Å². The fourth-order valence-electron chi connectivity index (χ4n) is 4.86. The monoisotopic (exact) mass is 406 g/mol. The summed E-state index contributed by atoms with van der Waals surface area (Å²) < 4.78 is 0. The minimum Gasteiger partial charge on any atom is -0.355 e. The summed E-state index contributed by atoms with van der Waals surface area (Å²) in [6.45, 7) is 6.12. The molecule has 0 radical (unpaired) electrons. The minimum atomic E-state index is 0.138. The van der Waals surface area contributed by atoms with Crippen LogP contribution in [0.3, 0.4) is 0 Å². The van der Waals surface area contributed by atoms with Crippen LogP contribution in [-0.2, 0) is 17.8 Å². The van der Waals surface area contributed by atoms with Crippen LogP contribution in [0.15, 0.2) is 54.9 Å². The van der Waals surface area contributed by atoms with Gasteiger partial charge in [-0.15, -0.1) is 0 Å². The molecule has 1 atom stereocenters. The van der Waals surface area contributed by atoms with E-state index in [4.69, 9.17) is 0 Å². The number of nitrogens with one attached hydrogen (secondary N) is 1. The van der Waals surface area contributed by atoms with Gasteiger partial charge in [0.1, 0.15) is 0 Å². The van der Waals surface area contributed by atoms with Crippen molar-refractivity contribution in [2.45, 2.75) is 44.7 Å². The van der Waals surface area contributed by atoms with E-state index in [2.05, 4.69) is 50.4 Å². The molecule has 0 saturated carbocycles. The lowest BCUT2D eigenvalue weighted by molar-refractivity contribution is -0.127. The van der Waals surface area contributed by atoms with Crippen LogP contribution in [0.25, 0.3) is 0 Å². The zero-order chi connectivity index (χ0) is 20.6. The Morgan fingerprint density at radius 1 is 0.967 bits per heavy atom. The molecule has 1 N–H and O–H groups in total. The van der Waals surface area contributed by atoms with E-state index in [1.165, 1.54) is 24.0 Å². The molecule has 1 unspecified atom stereocenters. The Balaban J connectivity index is 1.20. The fraction of sp³-hybridized carbons (Fsp3) is 0.520. The molecule has 2 fully saturated rings. The van der Waals surface area contributed by atoms with E-state index >= 15 is 0 Å². The molecule has 2 aliphatic heterocycles. The Bertz CT molecular complexity index is 774. The van der Waals surface area contributed by atoms with Crippen LogP contribution >= 0.6 is 0 Å². The predicted octanol–water partition coefficient (Wildman–Crippen LogP) is 3.12. The number of carbonyl (C=O) groups is 1. The number of nitrogens with zero attached hydrogens (tertiary/aromatic N) is 3. The van der Waals surface area contributed by atoms with Crippen molar-refractivity contribution in [1.82, 2.24) is 20.1 Å². The molecule has 0 aliphatic carbocycles. The summed E-state index contributed by atoms with van der Waals surface area (Å²) in [5.74, 6) is 0.369. The smallest absolute Gasteiger partial charge is 0.224 e. The summed E-state index contributed by atoms with van der Waals surface area (Å²) in [6.07, 6.45) is 9.05. The topological polar surface area (TPSA) is 48.5 Å². The van der Waals surface area contributed by atoms with E-state index in [1.807, 2.05) is 12.1 Å². The van der Waals surface area contributed by atoms with Gasteiger partial charge >= 0.3 is 0 Å². The standard InChI is InChI=1S/C25H34N4O/c30-25(27-15-10-21-8-13-26-14-9-21)23-7-4-16-29(20-23)24-11-17-28(18-12-24)19-22-5-2-1-3-6-22/h1-3,5-6,8-9,13-14,23-24H,4,7,10-12,15-20H2,(H,27,30). The molecular weight excluding hydrogens is 372 g/mol. The Morgan fingerprint density at radius 2 is 1.73 bits per heavy atom. The van der Waals surface area contributed by atoms with Gasteiger partial charge in [0.15, 0.2) is 0 Å². The number of likely N-dealkylation sites (tertiary alicyclic amines) is 2. The maximum atomic E-state index is 12.7. The number of piperidine rings is 2. The first kappa shape index (κ1) is 21.0. The van der Waals surface area contributed by atoms with E-state index in [1.54, 1.807) is 12.4 Å². The molecule has 5 heteroatoms. The van der Waals surface area contributed by atoms with E-state index in [0.717, 1.165) is 52.0 Å². The Morgan fingerprint density at radius 3 is 2.50 bits per heavy atom. The molecule has 1 aromatic carbocycles. The number of amides is 1. The average Bonchev–Trinajstić information content (AvgIpc) is 2.81. The Kier molecular flexibility index (Phi) is 7.49. The third-order valence-corrected chi connectivity index (χ3v) is 6.61. The maximum absolute atomic E-state index is 12.7. The number of benzene rings is 1. The highest BCUT2D eigenvalue weighted by atomic mass is 16.1. The molecular formula is C25H34N4O. The van der Waals surface area contributed by atoms with Crippen LogP contribution in [0.2, 0.25) is 0 Å². The van der Waals surface area contributed by atoms with Gasteiger partial charge in [0.25, 0.3) is 0 Å². The third-order valence-electron chi connectivity index (χ3n) is 6.61. The summed E-state index contributed by atoms with van der Waals surface area (Å²) in [4.78, 5) is 21.9. The molecule has 30 heavy (non-hydrogen) atoms. The van der Waals surface area contributed by atoms with Gasteiger partial charge in [-0.25, -0.2) is 0 Å². The van der Waals surface area contributed by atoms with Crippen LogP contribution in [0.4, 0.5) is 0 Å². The number of aromatic nitrogens is 1. The second-order valence-electron chi connectivity index (χ2n) is 8.72. The zero-order valence-corrected chi connectivity index (χ0v) is 17.9. The van der Waals surface area contributed by atoms with Gasteiger partial charge in [0.2, 0.25) is 5.91 Å². The summed E-state index contributed by atoms with van der Waals surface area (Å²) in [5, 5.41) is 3.16. The van der Waals surface area contributed by atoms with Crippen LogP contribution < -0.4 is 5.32 Å². The van der Waals surface area contributed by atoms with Gasteiger partial charge in [0, 0.05) is 38.1 Å². The molecule has 160 valence electrons. The van der Waals surface area contributed by atoms with Crippen molar-refractivity contribution in [3.63, 3.8) is 0 Å². The minimum absolute atomic E-state index is 0.138. The number of pyridine rings is 1. The van der Waals surface area contributed by atoms with Gasteiger partial charge in [-0.2, -0.15) is 0 Å². The van der Waals surface area contributed by atoms with E-state index in [0.29, 0.717) is 12.6 Å². The summed E-state index contributed by atoms with van der Waals surface area (Å²) in [5.41, 5.74) is 2.62. The Labute approximate surface area is 180 Å². The average molecular weight is 407 g/mol. The SMILES string of the molecule is O=C(NCCc1ccncc1)C1CCCN(C2CCN(Cc3ccccc3)CC2)C1. The normalized spacial score (nSPS) is 21.4. The largest absolute Gasteiger partial charge is 0.355 e. The lowest BCUT2D eigenvalue weighted by Crippen LogP contribution is -2.50. The van der Waals surface area contributed by atoms with Crippen molar-refractivity contribution in [3.8, 4) is 0 Å².